The number of nitrogens with zero attached hydrogens (tertiary/aromatic N) is 2. The standard InChI is InChI=1S/C21H26N2O/c1-13-8-20(23-11-14(2)21(24,12-23)17-6-7-17)22-19-10-16-5-3-4-15(16)9-18(13)19/h8-10,14,17,24H,3-7,11-12H2,1-2H3/t14-,21+/m1/s1. The smallest absolute Gasteiger partial charge is 0.129 e. The second-order valence-corrected chi connectivity index (χ2v) is 8.34. The van der Waals surface area contributed by atoms with Gasteiger partial charge in [0.2, 0.25) is 0 Å². The van der Waals surface area contributed by atoms with Crippen molar-refractivity contribution in [2.75, 3.05) is 18.0 Å². The SMILES string of the molecule is Cc1cc(N2C[C@@H](C)[C@](O)(C3CC3)C2)nc2cc3c(cc12)CCC3. The second-order valence-electron chi connectivity index (χ2n) is 8.34. The molecule has 3 aliphatic rings. The molecule has 1 aliphatic heterocycles. The van der Waals surface area contributed by atoms with Crippen LogP contribution in [0, 0.1) is 18.8 Å². The summed E-state index contributed by atoms with van der Waals surface area (Å²) >= 11 is 0. The van der Waals surface area contributed by atoms with Crippen LogP contribution >= 0.6 is 0 Å². The quantitative estimate of drug-likeness (QED) is 0.917. The Balaban J connectivity index is 1.55. The predicted molar refractivity (Wildman–Crippen MR) is 97.6 cm³/mol. The molecule has 2 aromatic rings. The van der Waals surface area contributed by atoms with E-state index in [0.29, 0.717) is 11.8 Å². The number of aliphatic hydroxyl groups is 1. The Hall–Kier alpha value is -1.61. The maximum atomic E-state index is 11.1. The number of anilines is 1. The fraction of sp³-hybridized carbons (Fsp3) is 0.571. The first-order valence-corrected chi connectivity index (χ1v) is 9.45. The highest BCUT2D eigenvalue weighted by Crippen LogP contribution is 2.47. The summed E-state index contributed by atoms with van der Waals surface area (Å²) in [6, 6.07) is 6.88. The van der Waals surface area contributed by atoms with E-state index in [1.54, 1.807) is 0 Å². The molecule has 1 N–H and O–H groups in total. The molecular formula is C21H26N2O. The van der Waals surface area contributed by atoms with Gasteiger partial charge in [0, 0.05) is 24.4 Å². The molecule has 2 fully saturated rings. The lowest BCUT2D eigenvalue weighted by atomic mass is 9.88. The molecule has 2 heterocycles. The van der Waals surface area contributed by atoms with E-state index in [9.17, 15) is 5.11 Å². The van der Waals surface area contributed by atoms with E-state index in [1.807, 2.05) is 0 Å². The van der Waals surface area contributed by atoms with Gasteiger partial charge in [-0.1, -0.05) is 6.92 Å². The number of rotatable bonds is 2. The number of pyridine rings is 1. The summed E-state index contributed by atoms with van der Waals surface area (Å²) in [5, 5.41) is 12.4. The van der Waals surface area contributed by atoms with Crippen LogP contribution in [0.3, 0.4) is 0 Å². The van der Waals surface area contributed by atoms with Gasteiger partial charge in [-0.15, -0.1) is 0 Å². The van der Waals surface area contributed by atoms with E-state index in [1.165, 1.54) is 54.2 Å². The minimum atomic E-state index is -0.511. The second kappa shape index (κ2) is 4.95. The topological polar surface area (TPSA) is 36.4 Å². The van der Waals surface area contributed by atoms with Gasteiger partial charge < -0.3 is 10.0 Å². The van der Waals surface area contributed by atoms with Crippen LogP contribution in [0.5, 0.6) is 0 Å². The average molecular weight is 322 g/mol. The maximum Gasteiger partial charge on any atom is 0.129 e. The van der Waals surface area contributed by atoms with Crippen molar-refractivity contribution in [2.45, 2.75) is 51.6 Å². The summed E-state index contributed by atoms with van der Waals surface area (Å²) < 4.78 is 0. The van der Waals surface area contributed by atoms with Crippen LogP contribution in [-0.4, -0.2) is 28.8 Å². The van der Waals surface area contributed by atoms with Crippen molar-refractivity contribution in [3.05, 3.63) is 34.9 Å². The molecule has 1 saturated carbocycles. The van der Waals surface area contributed by atoms with Crippen LogP contribution in [0.4, 0.5) is 5.82 Å². The Morgan fingerprint density at radius 1 is 1.17 bits per heavy atom. The van der Waals surface area contributed by atoms with E-state index in [2.05, 4.69) is 36.9 Å². The van der Waals surface area contributed by atoms with E-state index in [-0.39, 0.29) is 0 Å². The fourth-order valence-electron chi connectivity index (χ4n) is 4.91. The van der Waals surface area contributed by atoms with Gasteiger partial charge in [0.25, 0.3) is 0 Å². The zero-order valence-electron chi connectivity index (χ0n) is 14.7. The van der Waals surface area contributed by atoms with Crippen molar-refractivity contribution in [3.63, 3.8) is 0 Å². The summed E-state index contributed by atoms with van der Waals surface area (Å²) in [5.74, 6) is 1.87. The molecule has 3 heteroatoms. The molecule has 0 spiro atoms. The molecule has 3 nitrogen and oxygen atoms in total. The Morgan fingerprint density at radius 3 is 2.67 bits per heavy atom. The summed E-state index contributed by atoms with van der Waals surface area (Å²) in [6.45, 7) is 6.04. The van der Waals surface area contributed by atoms with Crippen molar-refractivity contribution in [1.82, 2.24) is 4.98 Å². The lowest BCUT2D eigenvalue weighted by Crippen LogP contribution is -2.39. The molecule has 5 rings (SSSR count). The Kier molecular flexibility index (Phi) is 3.03. The number of fused-ring (bicyclic) bond motifs is 2. The number of aryl methyl sites for hydroxylation is 3. The van der Waals surface area contributed by atoms with Crippen LogP contribution in [0.1, 0.15) is 42.9 Å². The van der Waals surface area contributed by atoms with Crippen LogP contribution in [0.2, 0.25) is 0 Å². The first-order valence-electron chi connectivity index (χ1n) is 9.45. The van der Waals surface area contributed by atoms with Crippen LogP contribution in [0.15, 0.2) is 18.2 Å². The normalized spacial score (nSPS) is 29.5. The van der Waals surface area contributed by atoms with Crippen molar-refractivity contribution in [1.29, 1.82) is 0 Å². The third kappa shape index (κ3) is 2.10. The van der Waals surface area contributed by atoms with Crippen molar-refractivity contribution in [2.24, 2.45) is 11.8 Å². The predicted octanol–water partition coefficient (Wildman–Crippen LogP) is 3.63. The molecular weight excluding hydrogens is 296 g/mol. The van der Waals surface area contributed by atoms with Gasteiger partial charge in [0.05, 0.1) is 11.1 Å². The van der Waals surface area contributed by atoms with Crippen molar-refractivity contribution in [3.8, 4) is 0 Å². The summed E-state index contributed by atoms with van der Waals surface area (Å²) in [4.78, 5) is 7.30. The Morgan fingerprint density at radius 2 is 1.92 bits per heavy atom. The zero-order chi connectivity index (χ0) is 16.5. The minimum Gasteiger partial charge on any atom is -0.387 e. The number of hydrogen-bond donors (Lipinski definition) is 1. The number of hydrogen-bond acceptors (Lipinski definition) is 3. The fourth-order valence-corrected chi connectivity index (χ4v) is 4.91. The summed E-state index contributed by atoms with van der Waals surface area (Å²) in [7, 11) is 0. The first kappa shape index (κ1) is 14.7. The third-order valence-electron chi connectivity index (χ3n) is 6.62. The highest BCUT2D eigenvalue weighted by atomic mass is 16.3. The van der Waals surface area contributed by atoms with Gasteiger partial charge in [-0.05, 0) is 79.8 Å². The van der Waals surface area contributed by atoms with Crippen molar-refractivity contribution >= 4 is 16.7 Å². The summed E-state index contributed by atoms with van der Waals surface area (Å²) in [5.41, 5.74) is 4.91. The average Bonchev–Trinajstić information content (AvgIpc) is 3.24. The molecule has 1 aromatic carbocycles. The van der Waals surface area contributed by atoms with Gasteiger partial charge in [-0.2, -0.15) is 0 Å². The van der Waals surface area contributed by atoms with E-state index >= 15 is 0 Å². The molecule has 2 atom stereocenters. The Labute approximate surface area is 143 Å². The number of aromatic nitrogens is 1. The van der Waals surface area contributed by atoms with E-state index in [0.717, 1.165) is 24.4 Å². The Bertz CT molecular complexity index is 826. The molecule has 0 bridgehead atoms. The molecule has 1 saturated heterocycles. The monoisotopic (exact) mass is 322 g/mol. The van der Waals surface area contributed by atoms with Gasteiger partial charge >= 0.3 is 0 Å². The van der Waals surface area contributed by atoms with Gasteiger partial charge in [-0.25, -0.2) is 4.98 Å². The molecule has 0 unspecified atom stereocenters. The molecule has 1 aromatic heterocycles. The summed E-state index contributed by atoms with van der Waals surface area (Å²) in [6.07, 6.45) is 6.05. The lowest BCUT2D eigenvalue weighted by molar-refractivity contribution is 0.00281. The highest BCUT2D eigenvalue weighted by Gasteiger charge is 2.52. The zero-order valence-corrected chi connectivity index (χ0v) is 14.7. The van der Waals surface area contributed by atoms with E-state index < -0.39 is 5.60 Å². The largest absolute Gasteiger partial charge is 0.387 e. The van der Waals surface area contributed by atoms with Gasteiger partial charge in [0.15, 0.2) is 0 Å². The number of benzene rings is 1. The van der Waals surface area contributed by atoms with Gasteiger partial charge in [0.1, 0.15) is 5.82 Å². The molecule has 0 amide bonds. The van der Waals surface area contributed by atoms with Gasteiger partial charge in [-0.3, -0.25) is 0 Å². The number of β-amino-alcohol motifs (C(OH)–C–C–N with tert-alkyl or cyclic N) is 1. The maximum absolute atomic E-state index is 11.1. The molecule has 0 radical (unpaired) electrons. The molecule has 24 heavy (non-hydrogen) atoms. The van der Waals surface area contributed by atoms with Crippen molar-refractivity contribution < 1.29 is 5.11 Å². The molecule has 2 aliphatic carbocycles. The van der Waals surface area contributed by atoms with E-state index in [4.69, 9.17) is 4.98 Å². The highest BCUT2D eigenvalue weighted by molar-refractivity contribution is 5.85. The molecule has 126 valence electrons. The first-order chi connectivity index (χ1) is 11.5. The minimum absolute atomic E-state index is 0.322. The third-order valence-corrected chi connectivity index (χ3v) is 6.62. The van der Waals surface area contributed by atoms with Crippen LogP contribution in [-0.2, 0) is 12.8 Å². The lowest BCUT2D eigenvalue weighted by Gasteiger charge is -2.26. The van der Waals surface area contributed by atoms with Crippen LogP contribution in [0.25, 0.3) is 10.9 Å². The van der Waals surface area contributed by atoms with Crippen LogP contribution < -0.4 is 4.90 Å².